The predicted octanol–water partition coefficient (Wildman–Crippen LogP) is 2.71. The summed E-state index contributed by atoms with van der Waals surface area (Å²) in [6.07, 6.45) is 3.46. The number of benzene rings is 1. The van der Waals surface area contributed by atoms with Crippen LogP contribution in [0.5, 0.6) is 0 Å². The van der Waals surface area contributed by atoms with Crippen molar-refractivity contribution in [1.82, 2.24) is 0 Å². The van der Waals surface area contributed by atoms with Crippen molar-refractivity contribution in [3.8, 4) is 0 Å². The normalized spacial score (nSPS) is 9.89. The SMILES string of the molecule is Cc1ccc(NC(=O)N[n+]2ccccc2)c(Cl)c1. The number of aromatic nitrogens is 1. The fourth-order valence-electron chi connectivity index (χ4n) is 1.46. The van der Waals surface area contributed by atoms with Gasteiger partial charge in [0.2, 0.25) is 0 Å². The molecular formula is C13H13ClN3O+. The van der Waals surface area contributed by atoms with Crippen LogP contribution in [-0.2, 0) is 0 Å². The van der Waals surface area contributed by atoms with Gasteiger partial charge in [-0.05, 0) is 24.6 Å². The van der Waals surface area contributed by atoms with Gasteiger partial charge in [-0.15, -0.1) is 5.43 Å². The minimum absolute atomic E-state index is 0.350. The molecule has 5 heteroatoms. The lowest BCUT2D eigenvalue weighted by Gasteiger charge is -2.06. The molecule has 2 rings (SSSR count). The molecule has 0 bridgehead atoms. The highest BCUT2D eigenvalue weighted by Crippen LogP contribution is 2.22. The lowest BCUT2D eigenvalue weighted by atomic mass is 10.2. The standard InChI is InChI=1S/C13H12ClN3O/c1-10-5-6-12(11(14)9-10)15-13(18)16-17-7-3-2-4-8-17/h2-9H,1H3,(H-,15,16,18)/p+1. The van der Waals surface area contributed by atoms with Crippen LogP contribution in [0.3, 0.4) is 0 Å². The van der Waals surface area contributed by atoms with Gasteiger partial charge in [-0.3, -0.25) is 0 Å². The zero-order valence-corrected chi connectivity index (χ0v) is 10.6. The van der Waals surface area contributed by atoms with Gasteiger partial charge in [-0.25, -0.2) is 4.79 Å². The number of nitrogens with one attached hydrogen (secondary N) is 2. The molecule has 0 aliphatic carbocycles. The van der Waals surface area contributed by atoms with Gasteiger partial charge in [-0.2, -0.15) is 0 Å². The molecule has 18 heavy (non-hydrogen) atoms. The molecule has 1 aromatic heterocycles. The molecule has 0 saturated carbocycles. The van der Waals surface area contributed by atoms with E-state index in [-0.39, 0.29) is 6.03 Å². The van der Waals surface area contributed by atoms with E-state index < -0.39 is 0 Å². The lowest BCUT2D eigenvalue weighted by Crippen LogP contribution is -2.49. The number of hydrogen-bond donors (Lipinski definition) is 2. The van der Waals surface area contributed by atoms with E-state index in [1.54, 1.807) is 29.2 Å². The Morgan fingerprint density at radius 2 is 1.94 bits per heavy atom. The Kier molecular flexibility index (Phi) is 3.79. The van der Waals surface area contributed by atoms with Crippen LogP contribution in [0.1, 0.15) is 5.56 Å². The average molecular weight is 263 g/mol. The van der Waals surface area contributed by atoms with Gasteiger partial charge in [-0.1, -0.05) is 28.4 Å². The largest absolute Gasteiger partial charge is 0.372 e. The van der Waals surface area contributed by atoms with E-state index in [1.807, 2.05) is 31.2 Å². The van der Waals surface area contributed by atoms with Crippen LogP contribution in [0, 0.1) is 6.92 Å². The van der Waals surface area contributed by atoms with E-state index in [4.69, 9.17) is 11.6 Å². The van der Waals surface area contributed by atoms with Gasteiger partial charge >= 0.3 is 6.03 Å². The average Bonchev–Trinajstić information content (AvgIpc) is 2.34. The van der Waals surface area contributed by atoms with E-state index in [9.17, 15) is 4.79 Å². The van der Waals surface area contributed by atoms with Crippen LogP contribution in [0.2, 0.25) is 5.02 Å². The van der Waals surface area contributed by atoms with E-state index >= 15 is 0 Å². The van der Waals surface area contributed by atoms with Crippen LogP contribution in [0.15, 0.2) is 48.8 Å². The van der Waals surface area contributed by atoms with Gasteiger partial charge in [0.05, 0.1) is 10.7 Å². The minimum Gasteiger partial charge on any atom is -0.302 e. The molecule has 0 saturated heterocycles. The fourth-order valence-corrected chi connectivity index (χ4v) is 1.74. The van der Waals surface area contributed by atoms with Gasteiger partial charge in [0, 0.05) is 12.1 Å². The molecule has 0 spiro atoms. The highest BCUT2D eigenvalue weighted by Gasteiger charge is 2.09. The highest BCUT2D eigenvalue weighted by molar-refractivity contribution is 6.33. The zero-order chi connectivity index (χ0) is 13.0. The monoisotopic (exact) mass is 262 g/mol. The van der Waals surface area contributed by atoms with Crippen molar-refractivity contribution in [2.45, 2.75) is 6.92 Å². The molecule has 92 valence electrons. The van der Waals surface area contributed by atoms with E-state index in [0.717, 1.165) is 5.56 Å². The first-order chi connectivity index (χ1) is 8.65. The van der Waals surface area contributed by atoms with Crippen LogP contribution >= 0.6 is 11.6 Å². The number of hydrogen-bond acceptors (Lipinski definition) is 1. The summed E-state index contributed by atoms with van der Waals surface area (Å²) in [5, 5.41) is 3.20. The molecule has 0 aliphatic rings. The summed E-state index contributed by atoms with van der Waals surface area (Å²) in [5.74, 6) is 0. The van der Waals surface area contributed by atoms with Crippen LogP contribution in [0.4, 0.5) is 10.5 Å². The Bertz CT molecular complexity index is 557. The topological polar surface area (TPSA) is 45.0 Å². The Morgan fingerprint density at radius 3 is 2.61 bits per heavy atom. The first-order valence-corrected chi connectivity index (χ1v) is 5.83. The second-order valence-electron chi connectivity index (χ2n) is 3.83. The van der Waals surface area contributed by atoms with Crippen molar-refractivity contribution in [3.05, 3.63) is 59.4 Å². The molecule has 2 amide bonds. The van der Waals surface area contributed by atoms with Crippen molar-refractivity contribution in [2.75, 3.05) is 10.7 Å². The van der Waals surface area contributed by atoms with E-state index in [0.29, 0.717) is 10.7 Å². The van der Waals surface area contributed by atoms with Crippen LogP contribution in [0.25, 0.3) is 0 Å². The maximum atomic E-state index is 11.7. The van der Waals surface area contributed by atoms with E-state index in [2.05, 4.69) is 10.7 Å². The van der Waals surface area contributed by atoms with Gasteiger partial charge in [0.1, 0.15) is 0 Å². The van der Waals surface area contributed by atoms with Crippen molar-refractivity contribution in [2.24, 2.45) is 0 Å². The number of carbonyl (C=O) groups excluding carboxylic acids is 1. The quantitative estimate of drug-likeness (QED) is 0.803. The second kappa shape index (κ2) is 5.51. The highest BCUT2D eigenvalue weighted by atomic mass is 35.5. The number of anilines is 1. The summed E-state index contributed by atoms with van der Waals surface area (Å²) >= 11 is 6.03. The molecule has 4 nitrogen and oxygen atoms in total. The van der Waals surface area contributed by atoms with Crippen molar-refractivity contribution in [3.63, 3.8) is 0 Å². The molecule has 0 radical (unpaired) electrons. The van der Waals surface area contributed by atoms with Gasteiger partial charge < -0.3 is 5.32 Å². The third-order valence-electron chi connectivity index (χ3n) is 2.32. The summed E-state index contributed by atoms with van der Waals surface area (Å²) in [6.45, 7) is 1.94. The summed E-state index contributed by atoms with van der Waals surface area (Å²) in [6, 6.07) is 10.6. The molecule has 1 heterocycles. The molecular weight excluding hydrogens is 250 g/mol. The molecule has 0 unspecified atom stereocenters. The van der Waals surface area contributed by atoms with Crippen molar-refractivity contribution >= 4 is 23.3 Å². The zero-order valence-electron chi connectivity index (χ0n) is 9.85. The van der Waals surface area contributed by atoms with Crippen molar-refractivity contribution in [1.29, 1.82) is 0 Å². The number of rotatable bonds is 2. The second-order valence-corrected chi connectivity index (χ2v) is 4.24. The van der Waals surface area contributed by atoms with Gasteiger partial charge in [0.15, 0.2) is 12.4 Å². The Balaban J connectivity index is 2.03. The molecule has 0 aliphatic heterocycles. The summed E-state index contributed by atoms with van der Waals surface area (Å²) in [7, 11) is 0. The van der Waals surface area contributed by atoms with Crippen molar-refractivity contribution < 1.29 is 9.47 Å². The predicted molar refractivity (Wildman–Crippen MR) is 71.2 cm³/mol. The first-order valence-electron chi connectivity index (χ1n) is 5.45. The third-order valence-corrected chi connectivity index (χ3v) is 2.63. The maximum absolute atomic E-state index is 11.7. The van der Waals surface area contributed by atoms with Crippen LogP contribution in [-0.4, -0.2) is 6.03 Å². The summed E-state index contributed by atoms with van der Waals surface area (Å²) in [5.41, 5.74) is 4.26. The Hall–Kier alpha value is -2.07. The number of pyridine rings is 1. The molecule has 2 aromatic rings. The lowest BCUT2D eigenvalue weighted by molar-refractivity contribution is -0.641. The number of halogens is 1. The molecule has 2 N–H and O–H groups in total. The molecule has 0 atom stereocenters. The molecule has 1 aromatic carbocycles. The molecule has 0 fully saturated rings. The van der Waals surface area contributed by atoms with Crippen LogP contribution < -0.4 is 15.4 Å². The smallest absolute Gasteiger partial charge is 0.302 e. The third kappa shape index (κ3) is 3.21. The fraction of sp³-hybridized carbons (Fsp3) is 0.0769. The Labute approximate surface area is 110 Å². The number of amides is 2. The number of aryl methyl sites for hydroxylation is 1. The minimum atomic E-state index is -0.350. The summed E-state index contributed by atoms with van der Waals surface area (Å²) in [4.78, 5) is 11.7. The number of urea groups is 1. The number of nitrogens with zero attached hydrogens (tertiary/aromatic N) is 1. The number of carbonyl (C=O) groups is 1. The van der Waals surface area contributed by atoms with E-state index in [1.165, 1.54) is 0 Å². The van der Waals surface area contributed by atoms with Gasteiger partial charge in [0.25, 0.3) is 0 Å². The first kappa shape index (κ1) is 12.4. The Morgan fingerprint density at radius 1 is 1.22 bits per heavy atom. The maximum Gasteiger partial charge on any atom is 0.372 e. The summed E-state index contributed by atoms with van der Waals surface area (Å²) < 4.78 is 1.55.